The zero-order chi connectivity index (χ0) is 14.5. The van der Waals surface area contributed by atoms with E-state index in [0.29, 0.717) is 18.1 Å². The van der Waals surface area contributed by atoms with Gasteiger partial charge in [0.15, 0.2) is 5.82 Å². The Morgan fingerprint density at radius 2 is 2.29 bits per heavy atom. The van der Waals surface area contributed by atoms with Gasteiger partial charge in [0.05, 0.1) is 24.4 Å². The van der Waals surface area contributed by atoms with Crippen LogP contribution in [0.5, 0.6) is 0 Å². The maximum Gasteiger partial charge on any atom is 0.319 e. The molecule has 0 saturated heterocycles. The fourth-order valence-corrected chi connectivity index (χ4v) is 1.75. The number of nitrogens with zero attached hydrogens (tertiary/aromatic N) is 3. The Bertz CT molecular complexity index is 690. The summed E-state index contributed by atoms with van der Waals surface area (Å²) in [6.45, 7) is 0.404. The Kier molecular flexibility index (Phi) is 3.64. The Morgan fingerprint density at radius 3 is 2.95 bits per heavy atom. The van der Waals surface area contributed by atoms with Gasteiger partial charge in [-0.25, -0.2) is 14.5 Å². The molecule has 2 N–H and O–H groups in total. The van der Waals surface area contributed by atoms with E-state index < -0.39 is 0 Å². The molecule has 7 nitrogen and oxygen atoms in total. The van der Waals surface area contributed by atoms with Crippen molar-refractivity contribution in [1.82, 2.24) is 20.1 Å². The molecule has 0 saturated carbocycles. The summed E-state index contributed by atoms with van der Waals surface area (Å²) in [4.78, 5) is 16.0. The summed E-state index contributed by atoms with van der Waals surface area (Å²) >= 11 is 0. The molecule has 2 amide bonds. The van der Waals surface area contributed by atoms with Gasteiger partial charge in [0.1, 0.15) is 0 Å². The minimum absolute atomic E-state index is 0.301. The lowest BCUT2D eigenvalue weighted by Gasteiger charge is -2.07. The van der Waals surface area contributed by atoms with Crippen molar-refractivity contribution in [3.8, 4) is 5.82 Å². The van der Waals surface area contributed by atoms with Crippen molar-refractivity contribution in [2.75, 3.05) is 5.32 Å². The van der Waals surface area contributed by atoms with Crippen LogP contribution >= 0.6 is 0 Å². The number of aromatic nitrogens is 3. The molecule has 3 aromatic heterocycles. The summed E-state index contributed by atoms with van der Waals surface area (Å²) in [7, 11) is 0. The number of hydrogen-bond donors (Lipinski definition) is 2. The first-order valence-corrected chi connectivity index (χ1v) is 6.33. The van der Waals surface area contributed by atoms with Crippen LogP contribution in [0.3, 0.4) is 0 Å². The zero-order valence-electron chi connectivity index (χ0n) is 11.1. The number of anilines is 1. The molecule has 0 bridgehead atoms. The summed E-state index contributed by atoms with van der Waals surface area (Å²) in [5, 5.41) is 9.50. The van der Waals surface area contributed by atoms with Gasteiger partial charge in [-0.05, 0) is 24.3 Å². The molecular weight excluding hydrogens is 270 g/mol. The minimum atomic E-state index is -0.301. The largest absolute Gasteiger partial charge is 0.472 e. The van der Waals surface area contributed by atoms with Crippen molar-refractivity contribution in [1.29, 1.82) is 0 Å². The van der Waals surface area contributed by atoms with Crippen LogP contribution < -0.4 is 10.6 Å². The number of pyridine rings is 1. The average Bonchev–Trinajstić information content (AvgIpc) is 3.19. The van der Waals surface area contributed by atoms with Crippen LogP contribution in [-0.4, -0.2) is 20.8 Å². The van der Waals surface area contributed by atoms with Crippen LogP contribution in [-0.2, 0) is 6.54 Å². The average molecular weight is 283 g/mol. The third-order valence-corrected chi connectivity index (χ3v) is 2.78. The van der Waals surface area contributed by atoms with Gasteiger partial charge in [0.25, 0.3) is 0 Å². The van der Waals surface area contributed by atoms with Gasteiger partial charge in [-0.2, -0.15) is 5.10 Å². The van der Waals surface area contributed by atoms with Gasteiger partial charge < -0.3 is 15.1 Å². The van der Waals surface area contributed by atoms with Gasteiger partial charge in [-0.1, -0.05) is 0 Å². The molecule has 0 aromatic carbocycles. The molecule has 0 unspecified atom stereocenters. The second-order valence-electron chi connectivity index (χ2n) is 4.29. The van der Waals surface area contributed by atoms with E-state index in [-0.39, 0.29) is 6.03 Å². The van der Waals surface area contributed by atoms with Gasteiger partial charge in [-0.3, -0.25) is 0 Å². The highest BCUT2D eigenvalue weighted by atomic mass is 16.3. The quantitative estimate of drug-likeness (QED) is 0.768. The van der Waals surface area contributed by atoms with Crippen LogP contribution in [0.25, 0.3) is 5.82 Å². The lowest BCUT2D eigenvalue weighted by molar-refractivity contribution is 0.251. The number of urea groups is 1. The van der Waals surface area contributed by atoms with Gasteiger partial charge in [0.2, 0.25) is 0 Å². The molecule has 21 heavy (non-hydrogen) atoms. The predicted octanol–water partition coefficient (Wildman–Crippen LogP) is 2.18. The highest BCUT2D eigenvalue weighted by Crippen LogP contribution is 2.09. The first-order valence-electron chi connectivity index (χ1n) is 6.33. The molecule has 3 rings (SSSR count). The standard InChI is InChI=1S/C14H13N5O2/c20-14(16-8-11-4-7-21-10-11)18-12-2-3-13(15-9-12)19-6-1-5-17-19/h1-7,9-10H,8H2,(H2,16,18,20). The monoisotopic (exact) mass is 283 g/mol. The van der Waals surface area contributed by atoms with Crippen LogP contribution in [0, 0.1) is 0 Å². The molecule has 0 spiro atoms. The normalized spacial score (nSPS) is 10.3. The van der Waals surface area contributed by atoms with Crippen molar-refractivity contribution in [2.45, 2.75) is 6.54 Å². The fraction of sp³-hybridized carbons (Fsp3) is 0.0714. The Morgan fingerprint density at radius 1 is 1.33 bits per heavy atom. The van der Waals surface area contributed by atoms with Crippen molar-refractivity contribution in [2.24, 2.45) is 0 Å². The molecule has 0 atom stereocenters. The number of rotatable bonds is 4. The molecule has 106 valence electrons. The maximum atomic E-state index is 11.7. The van der Waals surface area contributed by atoms with Gasteiger partial charge in [-0.15, -0.1) is 0 Å². The maximum absolute atomic E-state index is 11.7. The molecule has 0 aliphatic heterocycles. The number of carbonyl (C=O) groups is 1. The van der Waals surface area contributed by atoms with Crippen molar-refractivity contribution in [3.63, 3.8) is 0 Å². The van der Waals surface area contributed by atoms with Gasteiger partial charge in [0, 0.05) is 24.5 Å². The first kappa shape index (κ1) is 12.9. The zero-order valence-corrected chi connectivity index (χ0v) is 11.1. The lowest BCUT2D eigenvalue weighted by atomic mass is 10.3. The predicted molar refractivity (Wildman–Crippen MR) is 75.9 cm³/mol. The first-order chi connectivity index (χ1) is 10.3. The molecule has 0 aliphatic carbocycles. The molecular formula is C14H13N5O2. The van der Waals surface area contributed by atoms with E-state index >= 15 is 0 Å². The van der Waals surface area contributed by atoms with Gasteiger partial charge >= 0.3 is 6.03 Å². The highest BCUT2D eigenvalue weighted by molar-refractivity contribution is 5.88. The van der Waals surface area contributed by atoms with Crippen LogP contribution in [0.15, 0.2) is 59.8 Å². The fourth-order valence-electron chi connectivity index (χ4n) is 1.75. The van der Waals surface area contributed by atoms with E-state index in [1.54, 1.807) is 54.0 Å². The summed E-state index contributed by atoms with van der Waals surface area (Å²) in [5.74, 6) is 0.685. The SMILES string of the molecule is O=C(NCc1ccoc1)Nc1ccc(-n2cccn2)nc1. The van der Waals surface area contributed by atoms with Crippen molar-refractivity contribution in [3.05, 3.63) is 60.9 Å². The second-order valence-corrected chi connectivity index (χ2v) is 4.29. The Labute approximate surface area is 120 Å². The second kappa shape index (κ2) is 5.91. The highest BCUT2D eigenvalue weighted by Gasteiger charge is 2.03. The summed E-state index contributed by atoms with van der Waals surface area (Å²) in [6, 6.07) is 6.85. The Hall–Kier alpha value is -3.09. The van der Waals surface area contributed by atoms with E-state index in [1.165, 1.54) is 0 Å². The molecule has 7 heteroatoms. The lowest BCUT2D eigenvalue weighted by Crippen LogP contribution is -2.28. The van der Waals surface area contributed by atoms with Crippen LogP contribution in [0.2, 0.25) is 0 Å². The number of nitrogens with one attached hydrogen (secondary N) is 2. The Balaban J connectivity index is 1.56. The van der Waals surface area contributed by atoms with Crippen molar-refractivity contribution >= 4 is 11.7 Å². The molecule has 0 fully saturated rings. The molecule has 3 heterocycles. The van der Waals surface area contributed by atoms with Crippen molar-refractivity contribution < 1.29 is 9.21 Å². The van der Waals surface area contributed by atoms with E-state index in [2.05, 4.69) is 20.7 Å². The topological polar surface area (TPSA) is 85.0 Å². The number of hydrogen-bond acceptors (Lipinski definition) is 4. The van der Waals surface area contributed by atoms with Crippen LogP contribution in [0.4, 0.5) is 10.5 Å². The third-order valence-electron chi connectivity index (χ3n) is 2.78. The molecule has 0 aliphatic rings. The smallest absolute Gasteiger partial charge is 0.319 e. The van der Waals surface area contributed by atoms with E-state index in [1.807, 2.05) is 6.07 Å². The number of amides is 2. The number of carbonyl (C=O) groups excluding carboxylic acids is 1. The minimum Gasteiger partial charge on any atom is -0.472 e. The van der Waals surface area contributed by atoms with E-state index in [4.69, 9.17) is 4.42 Å². The summed E-state index contributed by atoms with van der Waals surface area (Å²) < 4.78 is 6.57. The third kappa shape index (κ3) is 3.27. The molecule has 3 aromatic rings. The van der Waals surface area contributed by atoms with E-state index in [0.717, 1.165) is 5.56 Å². The number of furan rings is 1. The summed E-state index contributed by atoms with van der Waals surface area (Å²) in [6.07, 6.45) is 8.20. The van der Waals surface area contributed by atoms with E-state index in [9.17, 15) is 4.79 Å². The van der Waals surface area contributed by atoms with Crippen LogP contribution in [0.1, 0.15) is 5.56 Å². The summed E-state index contributed by atoms with van der Waals surface area (Å²) in [5.41, 5.74) is 1.51. The molecule has 0 radical (unpaired) electrons.